The number of aromatic nitrogens is 3. The molecular formula is C21H23N5OS. The molecule has 4 rings (SSSR count). The number of hydrogen-bond acceptors (Lipinski definition) is 6. The van der Waals surface area contributed by atoms with E-state index in [2.05, 4.69) is 37.3 Å². The van der Waals surface area contributed by atoms with Crippen LogP contribution in [0, 0.1) is 0 Å². The first-order valence-corrected chi connectivity index (χ1v) is 10.4. The van der Waals surface area contributed by atoms with Gasteiger partial charge in [-0.2, -0.15) is 0 Å². The van der Waals surface area contributed by atoms with Crippen LogP contribution in [-0.4, -0.2) is 40.0 Å². The zero-order chi connectivity index (χ0) is 19.2. The van der Waals surface area contributed by atoms with Crippen LogP contribution in [0.5, 0.6) is 0 Å². The van der Waals surface area contributed by atoms with Gasteiger partial charge in [-0.1, -0.05) is 30.3 Å². The predicted molar refractivity (Wildman–Crippen MR) is 110 cm³/mol. The van der Waals surface area contributed by atoms with Gasteiger partial charge in [-0.05, 0) is 24.5 Å². The molecule has 28 heavy (non-hydrogen) atoms. The maximum absolute atomic E-state index is 12.5. The molecule has 1 fully saturated rings. The summed E-state index contributed by atoms with van der Waals surface area (Å²) in [5, 5.41) is 6.18. The molecule has 1 aliphatic rings. The van der Waals surface area contributed by atoms with Gasteiger partial charge in [0.25, 0.3) is 0 Å². The average molecular weight is 394 g/mol. The second-order valence-electron chi connectivity index (χ2n) is 6.97. The number of amides is 1. The van der Waals surface area contributed by atoms with Crippen molar-refractivity contribution in [3.8, 4) is 0 Å². The molecule has 1 aliphatic heterocycles. The van der Waals surface area contributed by atoms with Crippen molar-refractivity contribution in [1.82, 2.24) is 20.3 Å². The van der Waals surface area contributed by atoms with Crippen LogP contribution in [0.3, 0.4) is 0 Å². The Balaban J connectivity index is 1.29. The van der Waals surface area contributed by atoms with Gasteiger partial charge in [0.2, 0.25) is 11.9 Å². The summed E-state index contributed by atoms with van der Waals surface area (Å²) in [4.78, 5) is 27.9. The largest absolute Gasteiger partial charge is 0.351 e. The molecule has 6 nitrogen and oxygen atoms in total. The Bertz CT molecular complexity index is 899. The Kier molecular flexibility index (Phi) is 5.92. The van der Waals surface area contributed by atoms with Crippen LogP contribution in [0.4, 0.5) is 5.95 Å². The third kappa shape index (κ3) is 4.92. The molecule has 1 atom stereocenters. The van der Waals surface area contributed by atoms with Gasteiger partial charge >= 0.3 is 0 Å². The molecule has 0 aliphatic carbocycles. The second-order valence-corrected chi connectivity index (χ2v) is 7.92. The minimum absolute atomic E-state index is 0.0254. The van der Waals surface area contributed by atoms with Crippen LogP contribution in [0.2, 0.25) is 0 Å². The summed E-state index contributed by atoms with van der Waals surface area (Å²) in [6.07, 6.45) is 6.62. The molecule has 0 bridgehead atoms. The predicted octanol–water partition coefficient (Wildman–Crippen LogP) is 2.85. The molecule has 0 radical (unpaired) electrons. The summed E-state index contributed by atoms with van der Waals surface area (Å²) in [6, 6.07) is 12.2. The molecule has 0 unspecified atom stereocenters. The minimum Gasteiger partial charge on any atom is -0.351 e. The molecule has 1 N–H and O–H groups in total. The minimum atomic E-state index is 0.0254. The van der Waals surface area contributed by atoms with Crippen LogP contribution in [-0.2, 0) is 17.6 Å². The molecular weight excluding hydrogens is 370 g/mol. The molecule has 7 heteroatoms. The van der Waals surface area contributed by atoms with Crippen molar-refractivity contribution < 1.29 is 4.79 Å². The number of anilines is 1. The van der Waals surface area contributed by atoms with Gasteiger partial charge in [0.1, 0.15) is 0 Å². The summed E-state index contributed by atoms with van der Waals surface area (Å²) in [5.74, 6) is 0.754. The molecule has 3 aromatic rings. The Labute approximate surface area is 168 Å². The topological polar surface area (TPSA) is 71.0 Å². The van der Waals surface area contributed by atoms with Gasteiger partial charge in [0.15, 0.2) is 0 Å². The van der Waals surface area contributed by atoms with E-state index in [9.17, 15) is 4.79 Å². The number of piperidine rings is 1. The monoisotopic (exact) mass is 393 g/mol. The lowest BCUT2D eigenvalue weighted by Crippen LogP contribution is -2.48. The van der Waals surface area contributed by atoms with Gasteiger partial charge in [-0.3, -0.25) is 4.79 Å². The fourth-order valence-electron chi connectivity index (χ4n) is 3.46. The molecule has 2 aromatic heterocycles. The highest BCUT2D eigenvalue weighted by Gasteiger charge is 2.23. The van der Waals surface area contributed by atoms with E-state index in [1.807, 2.05) is 29.6 Å². The summed E-state index contributed by atoms with van der Waals surface area (Å²) in [6.45, 7) is 1.66. The normalized spacial score (nSPS) is 16.7. The van der Waals surface area contributed by atoms with Crippen molar-refractivity contribution in [3.05, 3.63) is 70.4 Å². The standard InChI is InChI=1S/C21H23N5OS/c27-19(13-18-15-28-20(25-18)12-16-6-2-1-3-7-16)24-17-8-4-11-26(14-17)21-22-9-5-10-23-21/h1-3,5-7,9-10,15,17H,4,8,11-14H2,(H,24,27)/t17-/m1/s1. The van der Waals surface area contributed by atoms with Crippen molar-refractivity contribution in [2.75, 3.05) is 18.0 Å². The quantitative estimate of drug-likeness (QED) is 0.697. The van der Waals surface area contributed by atoms with Gasteiger partial charge in [-0.15, -0.1) is 11.3 Å². The van der Waals surface area contributed by atoms with E-state index < -0.39 is 0 Å². The summed E-state index contributed by atoms with van der Waals surface area (Å²) >= 11 is 1.61. The molecule has 144 valence electrons. The van der Waals surface area contributed by atoms with E-state index >= 15 is 0 Å². The van der Waals surface area contributed by atoms with Crippen LogP contribution in [0.15, 0.2) is 54.2 Å². The van der Waals surface area contributed by atoms with Crippen molar-refractivity contribution >= 4 is 23.2 Å². The lowest BCUT2D eigenvalue weighted by molar-refractivity contribution is -0.121. The van der Waals surface area contributed by atoms with E-state index in [0.717, 1.165) is 49.0 Å². The Morgan fingerprint density at radius 2 is 2.00 bits per heavy atom. The first kappa shape index (κ1) is 18.6. The summed E-state index contributed by atoms with van der Waals surface area (Å²) < 4.78 is 0. The highest BCUT2D eigenvalue weighted by molar-refractivity contribution is 7.09. The molecule has 3 heterocycles. The van der Waals surface area contributed by atoms with Crippen LogP contribution >= 0.6 is 11.3 Å². The lowest BCUT2D eigenvalue weighted by Gasteiger charge is -2.33. The van der Waals surface area contributed by atoms with E-state index in [1.165, 1.54) is 5.56 Å². The third-order valence-corrected chi connectivity index (χ3v) is 5.66. The molecule has 1 aromatic carbocycles. The van der Waals surface area contributed by atoms with Gasteiger partial charge in [0, 0.05) is 43.3 Å². The lowest BCUT2D eigenvalue weighted by atomic mass is 10.1. The Hall–Kier alpha value is -2.80. The first-order valence-electron chi connectivity index (χ1n) is 9.55. The van der Waals surface area contributed by atoms with E-state index in [1.54, 1.807) is 23.7 Å². The van der Waals surface area contributed by atoms with Gasteiger partial charge in [0.05, 0.1) is 17.1 Å². The second kappa shape index (κ2) is 8.93. The van der Waals surface area contributed by atoms with Gasteiger partial charge in [-0.25, -0.2) is 15.0 Å². The van der Waals surface area contributed by atoms with Gasteiger partial charge < -0.3 is 10.2 Å². The molecule has 1 saturated heterocycles. The smallest absolute Gasteiger partial charge is 0.226 e. The maximum Gasteiger partial charge on any atom is 0.226 e. The number of carbonyl (C=O) groups excluding carboxylic acids is 1. The zero-order valence-electron chi connectivity index (χ0n) is 15.6. The number of nitrogens with zero attached hydrogens (tertiary/aromatic N) is 4. The van der Waals surface area contributed by atoms with Crippen LogP contribution < -0.4 is 10.2 Å². The molecule has 1 amide bonds. The third-order valence-electron chi connectivity index (χ3n) is 4.76. The number of hydrogen-bond donors (Lipinski definition) is 1. The summed E-state index contributed by atoms with van der Waals surface area (Å²) in [5.41, 5.74) is 2.07. The Morgan fingerprint density at radius 3 is 2.82 bits per heavy atom. The Morgan fingerprint density at radius 1 is 1.18 bits per heavy atom. The molecule has 0 saturated carbocycles. The van der Waals surface area contributed by atoms with Crippen molar-refractivity contribution in [1.29, 1.82) is 0 Å². The molecule has 0 spiro atoms. The first-order chi connectivity index (χ1) is 13.8. The zero-order valence-corrected chi connectivity index (χ0v) is 16.4. The van der Waals surface area contributed by atoms with Crippen molar-refractivity contribution in [2.24, 2.45) is 0 Å². The highest BCUT2D eigenvalue weighted by atomic mass is 32.1. The average Bonchev–Trinajstić information content (AvgIpc) is 3.16. The number of nitrogens with one attached hydrogen (secondary N) is 1. The SMILES string of the molecule is O=C(Cc1csc(Cc2ccccc2)n1)N[C@@H]1CCCN(c2ncccn2)C1. The van der Waals surface area contributed by atoms with Crippen LogP contribution in [0.1, 0.15) is 29.1 Å². The van der Waals surface area contributed by atoms with Crippen LogP contribution in [0.25, 0.3) is 0 Å². The maximum atomic E-state index is 12.5. The summed E-state index contributed by atoms with van der Waals surface area (Å²) in [7, 11) is 0. The fraction of sp³-hybridized carbons (Fsp3) is 0.333. The van der Waals surface area contributed by atoms with E-state index in [4.69, 9.17) is 0 Å². The number of carbonyl (C=O) groups is 1. The van der Waals surface area contributed by atoms with Crippen molar-refractivity contribution in [3.63, 3.8) is 0 Å². The number of benzene rings is 1. The number of thiazole rings is 1. The fourth-order valence-corrected chi connectivity index (χ4v) is 4.28. The van der Waals surface area contributed by atoms with E-state index in [0.29, 0.717) is 6.42 Å². The van der Waals surface area contributed by atoms with E-state index in [-0.39, 0.29) is 11.9 Å². The highest BCUT2D eigenvalue weighted by Crippen LogP contribution is 2.17. The van der Waals surface area contributed by atoms with Crippen molar-refractivity contribution in [2.45, 2.75) is 31.7 Å². The number of rotatable bonds is 6.